The summed E-state index contributed by atoms with van der Waals surface area (Å²) in [6, 6.07) is 6.44. The van der Waals surface area contributed by atoms with Crippen molar-refractivity contribution < 1.29 is 21.6 Å². The van der Waals surface area contributed by atoms with Gasteiger partial charge in [0.2, 0.25) is 0 Å². The maximum Gasteiger partial charge on any atom is 0.425 e. The number of anilines is 1. The van der Waals surface area contributed by atoms with Crippen molar-refractivity contribution in [2.75, 3.05) is 29.9 Å². The van der Waals surface area contributed by atoms with Crippen molar-refractivity contribution in [3.05, 3.63) is 35.3 Å². The summed E-state index contributed by atoms with van der Waals surface area (Å²) in [4.78, 5) is 6.29. The summed E-state index contributed by atoms with van der Waals surface area (Å²) in [5.74, 6) is 1.14. The van der Waals surface area contributed by atoms with E-state index in [0.29, 0.717) is 33.4 Å². The number of alkyl halides is 3. The van der Waals surface area contributed by atoms with Gasteiger partial charge in [0, 0.05) is 25.2 Å². The van der Waals surface area contributed by atoms with E-state index in [-0.39, 0.29) is 23.6 Å². The van der Waals surface area contributed by atoms with E-state index >= 15 is 0 Å². The van der Waals surface area contributed by atoms with Crippen LogP contribution in [-0.2, 0) is 16.0 Å². The van der Waals surface area contributed by atoms with Crippen LogP contribution in [0.4, 0.5) is 19.0 Å². The van der Waals surface area contributed by atoms with E-state index in [4.69, 9.17) is 0 Å². The fourth-order valence-corrected chi connectivity index (χ4v) is 6.48. The third-order valence-electron chi connectivity index (χ3n) is 5.79. The lowest BCUT2D eigenvalue weighted by Gasteiger charge is -2.41. The van der Waals surface area contributed by atoms with E-state index < -0.39 is 20.9 Å². The Morgan fingerprint density at radius 3 is 2.48 bits per heavy atom. The standard InChI is InChI=1S/C19H20F3N5O2S2/c20-19(21,22)16-2-1-15(30-16)14-9-23-18-4-3-17(25-27(14)18)24-12-5-7-26(8-6-12)13-10-31(28,29)11-13/h1-4,9,12-13H,5-8,10-11H2,(H,24,25). The Bertz CT molecular complexity index is 1200. The Kier molecular flexibility index (Phi) is 4.98. The van der Waals surface area contributed by atoms with Crippen LogP contribution in [-0.4, -0.2) is 64.6 Å². The zero-order valence-corrected chi connectivity index (χ0v) is 18.0. The van der Waals surface area contributed by atoms with Crippen molar-refractivity contribution in [1.82, 2.24) is 19.5 Å². The number of hydrogen-bond acceptors (Lipinski definition) is 7. The summed E-state index contributed by atoms with van der Waals surface area (Å²) in [6.07, 6.45) is -1.11. The lowest BCUT2D eigenvalue weighted by atomic mass is 10.0. The van der Waals surface area contributed by atoms with Gasteiger partial charge in [-0.05, 0) is 37.1 Å². The molecule has 12 heteroatoms. The third-order valence-corrected chi connectivity index (χ3v) is 8.73. The zero-order chi connectivity index (χ0) is 21.8. The second kappa shape index (κ2) is 7.45. The Morgan fingerprint density at radius 2 is 1.84 bits per heavy atom. The van der Waals surface area contributed by atoms with Crippen molar-refractivity contribution >= 4 is 32.6 Å². The molecule has 0 saturated carbocycles. The molecule has 0 aromatic carbocycles. The average Bonchev–Trinajstić information content (AvgIpc) is 3.33. The lowest BCUT2D eigenvalue weighted by molar-refractivity contribution is -0.134. The van der Waals surface area contributed by atoms with Gasteiger partial charge in [-0.1, -0.05) is 0 Å². The largest absolute Gasteiger partial charge is 0.425 e. The second-order valence-electron chi connectivity index (χ2n) is 7.98. The predicted octanol–water partition coefficient (Wildman–Crippen LogP) is 3.15. The fraction of sp³-hybridized carbons (Fsp3) is 0.474. The average molecular weight is 472 g/mol. The van der Waals surface area contributed by atoms with Gasteiger partial charge in [0.15, 0.2) is 15.5 Å². The molecule has 0 unspecified atom stereocenters. The molecule has 0 atom stereocenters. The van der Waals surface area contributed by atoms with Crippen molar-refractivity contribution in [2.24, 2.45) is 0 Å². The zero-order valence-electron chi connectivity index (χ0n) is 16.3. The number of fused-ring (bicyclic) bond motifs is 1. The van der Waals surface area contributed by atoms with Crippen LogP contribution in [0.2, 0.25) is 0 Å². The van der Waals surface area contributed by atoms with Crippen molar-refractivity contribution in [3.63, 3.8) is 0 Å². The summed E-state index contributed by atoms with van der Waals surface area (Å²) < 4.78 is 63.2. The summed E-state index contributed by atoms with van der Waals surface area (Å²) >= 11 is 0.670. The summed E-state index contributed by atoms with van der Waals surface area (Å²) in [7, 11) is -2.83. The second-order valence-corrected chi connectivity index (χ2v) is 11.2. The van der Waals surface area contributed by atoms with E-state index in [1.54, 1.807) is 10.6 Å². The van der Waals surface area contributed by atoms with Gasteiger partial charge in [-0.15, -0.1) is 16.4 Å². The highest BCUT2D eigenvalue weighted by molar-refractivity contribution is 7.92. The molecule has 5 rings (SSSR count). The van der Waals surface area contributed by atoms with Crippen LogP contribution in [0.15, 0.2) is 30.5 Å². The van der Waals surface area contributed by atoms with E-state index in [1.807, 2.05) is 6.07 Å². The molecular weight excluding hydrogens is 451 g/mol. The molecule has 0 amide bonds. The normalized spacial score (nSPS) is 20.7. The number of aromatic nitrogens is 3. The molecule has 31 heavy (non-hydrogen) atoms. The smallest absolute Gasteiger partial charge is 0.366 e. The monoisotopic (exact) mass is 471 g/mol. The first-order valence-electron chi connectivity index (χ1n) is 9.91. The Morgan fingerprint density at radius 1 is 1.10 bits per heavy atom. The minimum Gasteiger partial charge on any atom is -0.366 e. The minimum absolute atomic E-state index is 0.140. The minimum atomic E-state index is -4.37. The first-order chi connectivity index (χ1) is 14.7. The molecule has 7 nitrogen and oxygen atoms in total. The van der Waals surface area contributed by atoms with Crippen molar-refractivity contribution in [3.8, 4) is 10.6 Å². The first kappa shape index (κ1) is 20.7. The molecule has 5 heterocycles. The molecule has 0 spiro atoms. The van der Waals surface area contributed by atoms with Gasteiger partial charge < -0.3 is 5.32 Å². The molecule has 0 bridgehead atoms. The maximum atomic E-state index is 13.0. The Hall–Kier alpha value is -2.18. The van der Waals surface area contributed by atoms with Crippen LogP contribution in [0.1, 0.15) is 17.7 Å². The molecular formula is C19H20F3N5O2S2. The lowest BCUT2D eigenvalue weighted by Crippen LogP contribution is -2.56. The highest BCUT2D eigenvalue weighted by atomic mass is 32.2. The molecule has 166 valence electrons. The number of nitrogens with one attached hydrogen (secondary N) is 1. The number of nitrogens with zero attached hydrogens (tertiary/aromatic N) is 4. The molecule has 2 fully saturated rings. The van der Waals surface area contributed by atoms with Crippen LogP contribution >= 0.6 is 11.3 Å². The van der Waals surface area contributed by atoms with E-state index in [0.717, 1.165) is 32.0 Å². The number of hydrogen-bond donors (Lipinski definition) is 1. The molecule has 3 aromatic heterocycles. The topological polar surface area (TPSA) is 79.6 Å². The van der Waals surface area contributed by atoms with E-state index in [1.165, 1.54) is 12.3 Å². The SMILES string of the molecule is O=S1(=O)CC(N2CCC(Nc3ccc4ncc(-c5ccc(C(F)(F)F)s5)n4n3)CC2)C1. The molecule has 3 aromatic rings. The van der Waals surface area contributed by atoms with Gasteiger partial charge in [0.05, 0.1) is 22.6 Å². The summed E-state index contributed by atoms with van der Waals surface area (Å²) in [5, 5.41) is 7.95. The van der Waals surface area contributed by atoms with Gasteiger partial charge in [0.1, 0.15) is 16.4 Å². The molecule has 2 aliphatic rings. The first-order valence-corrected chi connectivity index (χ1v) is 12.5. The van der Waals surface area contributed by atoms with Crippen LogP contribution in [0.5, 0.6) is 0 Å². The number of imidazole rings is 1. The Balaban J connectivity index is 1.28. The highest BCUT2D eigenvalue weighted by Crippen LogP contribution is 2.38. The number of halogens is 3. The highest BCUT2D eigenvalue weighted by Gasteiger charge is 2.38. The van der Waals surface area contributed by atoms with Crippen molar-refractivity contribution in [2.45, 2.75) is 31.1 Å². The third kappa shape index (κ3) is 4.15. The molecule has 2 aliphatic heterocycles. The number of sulfone groups is 1. The fourth-order valence-electron chi connectivity index (χ4n) is 4.11. The van der Waals surface area contributed by atoms with Gasteiger partial charge in [-0.25, -0.2) is 17.9 Å². The van der Waals surface area contributed by atoms with Gasteiger partial charge in [-0.3, -0.25) is 4.90 Å². The molecule has 2 saturated heterocycles. The van der Waals surface area contributed by atoms with Crippen LogP contribution in [0.25, 0.3) is 16.2 Å². The molecule has 0 radical (unpaired) electrons. The number of piperidine rings is 1. The molecule has 0 aliphatic carbocycles. The van der Waals surface area contributed by atoms with Crippen molar-refractivity contribution in [1.29, 1.82) is 0 Å². The van der Waals surface area contributed by atoms with Crippen LogP contribution in [0.3, 0.4) is 0 Å². The summed E-state index contributed by atoms with van der Waals surface area (Å²) in [6.45, 7) is 1.65. The Labute approximate surface area is 180 Å². The summed E-state index contributed by atoms with van der Waals surface area (Å²) in [5.41, 5.74) is 1.07. The number of likely N-dealkylation sites (tertiary alicyclic amines) is 1. The van der Waals surface area contributed by atoms with E-state index in [9.17, 15) is 21.6 Å². The van der Waals surface area contributed by atoms with Gasteiger partial charge in [-0.2, -0.15) is 13.2 Å². The van der Waals surface area contributed by atoms with E-state index in [2.05, 4.69) is 20.3 Å². The van der Waals surface area contributed by atoms with Gasteiger partial charge >= 0.3 is 6.18 Å². The number of rotatable bonds is 4. The maximum absolute atomic E-state index is 13.0. The quantitative estimate of drug-likeness (QED) is 0.630. The van der Waals surface area contributed by atoms with Crippen LogP contribution < -0.4 is 5.32 Å². The predicted molar refractivity (Wildman–Crippen MR) is 112 cm³/mol. The number of thiophene rings is 1. The van der Waals surface area contributed by atoms with Gasteiger partial charge in [0.25, 0.3) is 0 Å². The van der Waals surface area contributed by atoms with Crippen LogP contribution in [0, 0.1) is 0 Å². The molecule has 1 N–H and O–H groups in total.